The summed E-state index contributed by atoms with van der Waals surface area (Å²) in [5, 5.41) is 9.57. The lowest BCUT2D eigenvalue weighted by Gasteiger charge is -2.10. The molecule has 0 radical (unpaired) electrons. The molecule has 0 spiro atoms. The van der Waals surface area contributed by atoms with Crippen LogP contribution < -0.4 is 5.48 Å². The smallest absolute Gasteiger partial charge is 0.341 e. The van der Waals surface area contributed by atoms with Crippen LogP contribution in [0.1, 0.15) is 20.7 Å². The zero-order chi connectivity index (χ0) is 18.0. The summed E-state index contributed by atoms with van der Waals surface area (Å²) in [5.41, 5.74) is 3.78. The van der Waals surface area contributed by atoms with Crippen LogP contribution in [0.25, 0.3) is 16.4 Å². The monoisotopic (exact) mass is 341 g/mol. The van der Waals surface area contributed by atoms with Gasteiger partial charge in [0, 0.05) is 18.1 Å². The number of aromatic nitrogens is 1. The summed E-state index contributed by atoms with van der Waals surface area (Å²) in [7, 11) is 3.81. The molecule has 2 aromatic heterocycles. The predicted octanol–water partition coefficient (Wildman–Crippen LogP) is 1.93. The molecule has 0 aliphatic carbocycles. The van der Waals surface area contributed by atoms with E-state index in [4.69, 9.17) is 9.94 Å². The summed E-state index contributed by atoms with van der Waals surface area (Å²) in [5.74, 6) is -1.02. The lowest BCUT2D eigenvalue weighted by atomic mass is 10.1. The van der Waals surface area contributed by atoms with Crippen LogP contribution in [0.3, 0.4) is 0 Å². The number of likely N-dealkylation sites (N-methyl/N-ethyl adjacent to an activating group) is 1. The molecule has 2 N–H and O–H groups in total. The SMILES string of the molecule is CN(C)CCOC(=O)c1c2ccccc2n2cc(C(=O)NO)ccc12. The Bertz CT molecular complexity index is 946. The van der Waals surface area contributed by atoms with Crippen molar-refractivity contribution in [2.24, 2.45) is 0 Å². The Hall–Kier alpha value is -2.90. The van der Waals surface area contributed by atoms with Gasteiger partial charge in [0.15, 0.2) is 0 Å². The fraction of sp³-hybridized carbons (Fsp3) is 0.222. The first-order valence-electron chi connectivity index (χ1n) is 7.82. The molecule has 3 rings (SSSR count). The van der Waals surface area contributed by atoms with Crippen molar-refractivity contribution in [3.05, 3.63) is 53.7 Å². The Morgan fingerprint density at radius 1 is 1.16 bits per heavy atom. The second-order valence-electron chi connectivity index (χ2n) is 5.95. The first-order valence-corrected chi connectivity index (χ1v) is 7.82. The minimum Gasteiger partial charge on any atom is -0.461 e. The van der Waals surface area contributed by atoms with Crippen molar-refractivity contribution in [1.29, 1.82) is 0 Å². The van der Waals surface area contributed by atoms with Gasteiger partial charge in [0.25, 0.3) is 5.91 Å². The zero-order valence-corrected chi connectivity index (χ0v) is 14.0. The number of amides is 1. The number of carbonyl (C=O) groups is 2. The highest BCUT2D eigenvalue weighted by Crippen LogP contribution is 2.27. The number of pyridine rings is 1. The number of fused-ring (bicyclic) bond motifs is 3. The molecule has 0 atom stereocenters. The number of nitrogens with zero attached hydrogens (tertiary/aromatic N) is 2. The normalized spacial score (nSPS) is 11.2. The molecule has 0 fully saturated rings. The molecule has 0 unspecified atom stereocenters. The zero-order valence-electron chi connectivity index (χ0n) is 14.0. The number of ether oxygens (including phenoxy) is 1. The van der Waals surface area contributed by atoms with Crippen molar-refractivity contribution in [1.82, 2.24) is 14.8 Å². The Balaban J connectivity index is 2.10. The van der Waals surface area contributed by atoms with Crippen LogP contribution in [0.2, 0.25) is 0 Å². The Morgan fingerprint density at radius 3 is 2.64 bits per heavy atom. The van der Waals surface area contributed by atoms with Crippen LogP contribution in [-0.2, 0) is 4.74 Å². The van der Waals surface area contributed by atoms with Crippen LogP contribution in [0.4, 0.5) is 0 Å². The van der Waals surface area contributed by atoms with Gasteiger partial charge >= 0.3 is 5.97 Å². The highest BCUT2D eigenvalue weighted by molar-refractivity contribution is 6.12. The maximum absolute atomic E-state index is 12.6. The van der Waals surface area contributed by atoms with Crippen LogP contribution in [0.15, 0.2) is 42.6 Å². The molecule has 2 heterocycles. The molecule has 25 heavy (non-hydrogen) atoms. The van der Waals surface area contributed by atoms with Crippen LogP contribution in [0.5, 0.6) is 0 Å². The largest absolute Gasteiger partial charge is 0.461 e. The maximum atomic E-state index is 12.6. The van der Waals surface area contributed by atoms with Gasteiger partial charge in [-0.1, -0.05) is 18.2 Å². The Morgan fingerprint density at radius 2 is 1.92 bits per heavy atom. The molecule has 0 aliphatic heterocycles. The summed E-state index contributed by atoms with van der Waals surface area (Å²) in [6, 6.07) is 10.6. The van der Waals surface area contributed by atoms with E-state index in [9.17, 15) is 9.59 Å². The van der Waals surface area contributed by atoms with Crippen molar-refractivity contribution in [3.63, 3.8) is 0 Å². The lowest BCUT2D eigenvalue weighted by Crippen LogP contribution is -2.20. The average molecular weight is 341 g/mol. The van der Waals surface area contributed by atoms with Crippen molar-refractivity contribution < 1.29 is 19.5 Å². The van der Waals surface area contributed by atoms with Crippen molar-refractivity contribution in [2.45, 2.75) is 0 Å². The number of hydrogen-bond donors (Lipinski definition) is 2. The van der Waals surface area contributed by atoms with Gasteiger partial charge in [0.2, 0.25) is 0 Å². The van der Waals surface area contributed by atoms with E-state index in [1.165, 1.54) is 0 Å². The summed E-state index contributed by atoms with van der Waals surface area (Å²) in [6.07, 6.45) is 1.58. The minimum absolute atomic E-state index is 0.281. The Labute approximate surface area is 144 Å². The first-order chi connectivity index (χ1) is 12.0. The van der Waals surface area contributed by atoms with E-state index < -0.39 is 11.9 Å². The molecule has 0 saturated carbocycles. The maximum Gasteiger partial charge on any atom is 0.341 e. The van der Waals surface area contributed by atoms with E-state index in [1.807, 2.05) is 43.3 Å². The molecule has 130 valence electrons. The summed E-state index contributed by atoms with van der Waals surface area (Å²) in [6.45, 7) is 0.929. The van der Waals surface area contributed by atoms with Gasteiger partial charge in [0.1, 0.15) is 6.61 Å². The van der Waals surface area contributed by atoms with E-state index in [2.05, 4.69) is 0 Å². The van der Waals surface area contributed by atoms with Gasteiger partial charge < -0.3 is 14.0 Å². The first kappa shape index (κ1) is 16.9. The second-order valence-corrected chi connectivity index (χ2v) is 5.95. The summed E-state index contributed by atoms with van der Waals surface area (Å²) >= 11 is 0. The van der Waals surface area contributed by atoms with Crippen molar-refractivity contribution in [3.8, 4) is 0 Å². The minimum atomic E-state index is -0.616. The van der Waals surface area contributed by atoms with Gasteiger partial charge in [-0.2, -0.15) is 0 Å². The van der Waals surface area contributed by atoms with E-state index in [-0.39, 0.29) is 5.56 Å². The van der Waals surface area contributed by atoms with E-state index in [1.54, 1.807) is 28.2 Å². The lowest BCUT2D eigenvalue weighted by molar-refractivity contribution is 0.0486. The molecular weight excluding hydrogens is 322 g/mol. The van der Waals surface area contributed by atoms with Crippen molar-refractivity contribution in [2.75, 3.05) is 27.2 Å². The molecule has 3 aromatic rings. The van der Waals surface area contributed by atoms with E-state index in [0.717, 1.165) is 10.9 Å². The van der Waals surface area contributed by atoms with Crippen LogP contribution in [-0.4, -0.2) is 53.6 Å². The number of esters is 1. The molecule has 7 nitrogen and oxygen atoms in total. The topological polar surface area (TPSA) is 83.3 Å². The average Bonchev–Trinajstić information content (AvgIpc) is 2.94. The van der Waals surface area contributed by atoms with E-state index in [0.29, 0.717) is 24.2 Å². The van der Waals surface area contributed by atoms with Crippen molar-refractivity contribution >= 4 is 28.3 Å². The fourth-order valence-corrected chi connectivity index (χ4v) is 2.74. The van der Waals surface area contributed by atoms with Gasteiger partial charge in [-0.3, -0.25) is 10.0 Å². The number of rotatable bonds is 5. The number of carbonyl (C=O) groups excluding carboxylic acids is 2. The second kappa shape index (κ2) is 6.92. The van der Waals surface area contributed by atoms with Gasteiger partial charge in [-0.05, 0) is 32.3 Å². The highest BCUT2D eigenvalue weighted by atomic mass is 16.5. The third-order valence-corrected chi connectivity index (χ3v) is 3.98. The fourth-order valence-electron chi connectivity index (χ4n) is 2.74. The number of hydrogen-bond acceptors (Lipinski definition) is 5. The van der Waals surface area contributed by atoms with E-state index >= 15 is 0 Å². The Kier molecular flexibility index (Phi) is 4.69. The standard InChI is InChI=1S/C18H19N3O4/c1-20(2)9-10-25-18(23)16-13-5-3-4-6-14(13)21-11-12(17(22)19-24)7-8-15(16)21/h3-8,11,24H,9-10H2,1-2H3,(H,19,22). The molecule has 0 bridgehead atoms. The predicted molar refractivity (Wildman–Crippen MR) is 93.0 cm³/mol. The quantitative estimate of drug-likeness (QED) is 0.421. The summed E-state index contributed by atoms with van der Waals surface area (Å²) in [4.78, 5) is 26.2. The van der Waals surface area contributed by atoms with Gasteiger partial charge in [-0.15, -0.1) is 0 Å². The third-order valence-electron chi connectivity index (χ3n) is 3.98. The third kappa shape index (κ3) is 3.19. The molecule has 1 aromatic carbocycles. The van der Waals surface area contributed by atoms with Crippen LogP contribution >= 0.6 is 0 Å². The highest BCUT2D eigenvalue weighted by Gasteiger charge is 2.20. The number of para-hydroxylation sites is 1. The number of nitrogens with one attached hydrogen (secondary N) is 1. The molecule has 7 heteroatoms. The van der Waals surface area contributed by atoms with Gasteiger partial charge in [0.05, 0.1) is 22.2 Å². The van der Waals surface area contributed by atoms with Crippen LogP contribution in [0, 0.1) is 0 Å². The molecule has 0 saturated heterocycles. The molecular formula is C18H19N3O4. The number of benzene rings is 1. The molecule has 0 aliphatic rings. The molecule has 1 amide bonds. The number of hydroxylamine groups is 1. The van der Waals surface area contributed by atoms with Gasteiger partial charge in [-0.25, -0.2) is 10.3 Å². The summed E-state index contributed by atoms with van der Waals surface area (Å²) < 4.78 is 7.15.